The highest BCUT2D eigenvalue weighted by atomic mass is 19.4. The van der Waals surface area contributed by atoms with E-state index in [0.29, 0.717) is 60.0 Å². The number of carbonyl (C=O) groups is 2. The molecule has 0 spiro atoms. The number of aromatic amines is 1. The molecule has 1 amide bonds. The highest BCUT2D eigenvalue weighted by molar-refractivity contribution is 6.11. The Morgan fingerprint density at radius 3 is 2.57 bits per heavy atom. The number of amides is 1. The number of fused-ring (bicyclic) bond motifs is 2. The molecule has 3 heterocycles. The molecule has 1 aromatic heterocycles. The second-order valence-electron chi connectivity index (χ2n) is 8.86. The van der Waals surface area contributed by atoms with Gasteiger partial charge in [-0.15, -0.1) is 0 Å². The first-order valence-electron chi connectivity index (χ1n) is 11.9. The van der Waals surface area contributed by atoms with Gasteiger partial charge in [-0.2, -0.15) is 13.2 Å². The number of nitrogens with one attached hydrogen (secondary N) is 3. The van der Waals surface area contributed by atoms with E-state index in [-0.39, 0.29) is 31.5 Å². The maximum absolute atomic E-state index is 13.1. The number of aromatic nitrogens is 1. The summed E-state index contributed by atoms with van der Waals surface area (Å²) in [7, 11) is 0. The van der Waals surface area contributed by atoms with Gasteiger partial charge in [0.2, 0.25) is 6.79 Å². The Balaban J connectivity index is 1.27. The molecule has 1 saturated heterocycles. The van der Waals surface area contributed by atoms with E-state index < -0.39 is 17.7 Å². The molecule has 3 aromatic rings. The molecule has 37 heavy (non-hydrogen) atoms. The Bertz CT molecular complexity index is 1330. The zero-order valence-corrected chi connectivity index (χ0v) is 20.0. The molecule has 3 N–H and O–H groups in total. The van der Waals surface area contributed by atoms with Gasteiger partial charge < -0.3 is 34.3 Å². The molecule has 0 saturated carbocycles. The number of anilines is 2. The number of hydrogen-bond donors (Lipinski definition) is 3. The van der Waals surface area contributed by atoms with Crippen molar-refractivity contribution in [2.45, 2.75) is 13.1 Å². The standard InChI is InChI=1S/C25H25F3N4O5/c1-2-35-24(34)23-22(17-11-19-20(37-14-36-19)12-18(17)29-23)30-21(33)13-31-6-8-32(9-7-31)16-5-3-4-15(10-16)25(26,27)28/h3-5,10-12,29H,2,6-9,13-14H2,1H3,(H,30,33)/p+1. The summed E-state index contributed by atoms with van der Waals surface area (Å²) in [4.78, 5) is 31.4. The molecule has 12 heteroatoms. The summed E-state index contributed by atoms with van der Waals surface area (Å²) in [5.41, 5.74) is 0.842. The molecule has 0 aliphatic carbocycles. The van der Waals surface area contributed by atoms with Gasteiger partial charge in [-0.3, -0.25) is 4.79 Å². The van der Waals surface area contributed by atoms with E-state index in [1.807, 2.05) is 4.90 Å². The van der Waals surface area contributed by atoms with Crippen LogP contribution in [-0.2, 0) is 15.7 Å². The van der Waals surface area contributed by atoms with Crippen LogP contribution in [0.1, 0.15) is 23.0 Å². The van der Waals surface area contributed by atoms with Gasteiger partial charge in [0, 0.05) is 17.1 Å². The van der Waals surface area contributed by atoms with Gasteiger partial charge in [0.15, 0.2) is 18.0 Å². The Hall–Kier alpha value is -3.93. The van der Waals surface area contributed by atoms with Crippen LogP contribution in [0.15, 0.2) is 36.4 Å². The number of hydrogen-bond acceptors (Lipinski definition) is 6. The van der Waals surface area contributed by atoms with E-state index in [0.717, 1.165) is 17.0 Å². The monoisotopic (exact) mass is 519 g/mol. The summed E-state index contributed by atoms with van der Waals surface area (Å²) in [6.45, 7) is 4.24. The van der Waals surface area contributed by atoms with E-state index in [9.17, 15) is 22.8 Å². The smallest absolute Gasteiger partial charge is 0.416 e. The lowest BCUT2D eigenvalue weighted by atomic mass is 10.1. The second-order valence-corrected chi connectivity index (χ2v) is 8.86. The van der Waals surface area contributed by atoms with Crippen LogP contribution in [0, 0.1) is 0 Å². The van der Waals surface area contributed by atoms with Crippen LogP contribution in [0.25, 0.3) is 10.9 Å². The van der Waals surface area contributed by atoms with Gasteiger partial charge in [-0.1, -0.05) is 6.07 Å². The second kappa shape index (κ2) is 9.85. The number of H-pyrrole nitrogens is 1. The van der Waals surface area contributed by atoms with E-state index in [1.54, 1.807) is 25.1 Å². The first kappa shape index (κ1) is 24.8. The summed E-state index contributed by atoms with van der Waals surface area (Å²) in [5, 5.41) is 3.44. The Labute approximate surface area is 210 Å². The predicted octanol–water partition coefficient (Wildman–Crippen LogP) is 2.44. The summed E-state index contributed by atoms with van der Waals surface area (Å²) in [5.74, 6) is 0.142. The molecule has 0 radical (unpaired) electrons. The normalized spacial score (nSPS) is 15.7. The third-order valence-electron chi connectivity index (χ3n) is 6.46. The number of halogens is 3. The number of esters is 1. The zero-order chi connectivity index (χ0) is 26.2. The number of alkyl halides is 3. The van der Waals surface area contributed by atoms with Crippen LogP contribution < -0.4 is 24.6 Å². The quantitative estimate of drug-likeness (QED) is 0.433. The van der Waals surface area contributed by atoms with Crippen LogP contribution >= 0.6 is 0 Å². The maximum atomic E-state index is 13.1. The van der Waals surface area contributed by atoms with Crippen molar-refractivity contribution in [1.82, 2.24) is 4.98 Å². The molecule has 196 valence electrons. The van der Waals surface area contributed by atoms with E-state index in [4.69, 9.17) is 14.2 Å². The third-order valence-corrected chi connectivity index (χ3v) is 6.46. The summed E-state index contributed by atoms with van der Waals surface area (Å²) >= 11 is 0. The zero-order valence-electron chi connectivity index (χ0n) is 20.0. The van der Waals surface area contributed by atoms with Crippen molar-refractivity contribution in [3.63, 3.8) is 0 Å². The lowest BCUT2D eigenvalue weighted by Crippen LogP contribution is -3.15. The molecule has 2 aliphatic rings. The third kappa shape index (κ3) is 5.15. The summed E-state index contributed by atoms with van der Waals surface area (Å²) in [6, 6.07) is 8.67. The average molecular weight is 520 g/mol. The van der Waals surface area contributed by atoms with Crippen LogP contribution in [0.5, 0.6) is 11.5 Å². The predicted molar refractivity (Wildman–Crippen MR) is 128 cm³/mol. The largest absolute Gasteiger partial charge is 0.461 e. The Morgan fingerprint density at radius 2 is 1.86 bits per heavy atom. The van der Waals surface area contributed by atoms with Crippen molar-refractivity contribution in [1.29, 1.82) is 0 Å². The lowest BCUT2D eigenvalue weighted by Gasteiger charge is -2.33. The number of benzene rings is 2. The van der Waals surface area contributed by atoms with Gasteiger partial charge in [0.1, 0.15) is 5.69 Å². The van der Waals surface area contributed by atoms with Crippen molar-refractivity contribution < 1.29 is 41.9 Å². The fourth-order valence-electron chi connectivity index (χ4n) is 4.62. The van der Waals surface area contributed by atoms with E-state index in [1.165, 1.54) is 6.07 Å². The summed E-state index contributed by atoms with van der Waals surface area (Å²) < 4.78 is 55.2. The molecular formula is C25H26F3N4O5+. The topological polar surface area (TPSA) is 97.3 Å². The number of piperazine rings is 1. The molecule has 2 aliphatic heterocycles. The SMILES string of the molecule is CCOC(=O)c1[nH]c2cc3c(cc2c1NC(=O)C[NH+]1CCN(c2cccc(C(F)(F)F)c2)CC1)OCO3. The molecule has 0 unspecified atom stereocenters. The molecule has 5 rings (SSSR count). The summed E-state index contributed by atoms with van der Waals surface area (Å²) in [6.07, 6.45) is -4.40. The van der Waals surface area contributed by atoms with Crippen LogP contribution in [0.4, 0.5) is 24.5 Å². The van der Waals surface area contributed by atoms with E-state index >= 15 is 0 Å². The number of carbonyl (C=O) groups excluding carboxylic acids is 2. The first-order valence-corrected chi connectivity index (χ1v) is 11.9. The van der Waals surface area contributed by atoms with Crippen molar-refractivity contribution in [3.05, 3.63) is 47.7 Å². The number of quaternary nitrogens is 1. The minimum absolute atomic E-state index is 0.0875. The molecule has 0 atom stereocenters. The van der Waals surface area contributed by atoms with E-state index in [2.05, 4.69) is 10.3 Å². The molecule has 0 bridgehead atoms. The van der Waals surface area contributed by atoms with Crippen LogP contribution in [0.2, 0.25) is 0 Å². The maximum Gasteiger partial charge on any atom is 0.416 e. The van der Waals surface area contributed by atoms with Gasteiger partial charge in [-0.05, 0) is 31.2 Å². The highest BCUT2D eigenvalue weighted by Gasteiger charge is 2.32. The van der Waals surface area contributed by atoms with Crippen LogP contribution in [0.3, 0.4) is 0 Å². The molecular weight excluding hydrogens is 493 g/mol. The average Bonchev–Trinajstić information content (AvgIpc) is 3.47. The lowest BCUT2D eigenvalue weighted by molar-refractivity contribution is -0.892. The van der Waals surface area contributed by atoms with Gasteiger partial charge in [0.05, 0.1) is 49.6 Å². The molecule has 2 aromatic carbocycles. The Morgan fingerprint density at radius 1 is 1.14 bits per heavy atom. The fourth-order valence-corrected chi connectivity index (χ4v) is 4.62. The Kier molecular flexibility index (Phi) is 6.59. The van der Waals surface area contributed by atoms with Crippen molar-refractivity contribution in [3.8, 4) is 11.5 Å². The highest BCUT2D eigenvalue weighted by Crippen LogP contribution is 2.40. The van der Waals surface area contributed by atoms with Gasteiger partial charge >= 0.3 is 12.1 Å². The molecule has 1 fully saturated rings. The van der Waals surface area contributed by atoms with Crippen molar-refractivity contribution >= 4 is 34.2 Å². The van der Waals surface area contributed by atoms with Gasteiger partial charge in [0.25, 0.3) is 5.91 Å². The number of rotatable bonds is 6. The van der Waals surface area contributed by atoms with Crippen molar-refractivity contribution in [2.24, 2.45) is 0 Å². The number of nitrogens with zero attached hydrogens (tertiary/aromatic N) is 1. The van der Waals surface area contributed by atoms with Crippen LogP contribution in [-0.4, -0.2) is 63.0 Å². The minimum atomic E-state index is -4.40. The number of ether oxygens (including phenoxy) is 3. The minimum Gasteiger partial charge on any atom is -0.461 e. The first-order chi connectivity index (χ1) is 17.7. The molecule has 9 nitrogen and oxygen atoms in total. The van der Waals surface area contributed by atoms with Crippen molar-refractivity contribution in [2.75, 3.05) is 56.3 Å². The fraction of sp³-hybridized carbons (Fsp3) is 0.360. The van der Waals surface area contributed by atoms with Gasteiger partial charge in [-0.25, -0.2) is 4.79 Å².